The quantitative estimate of drug-likeness (QED) is 0.377. The van der Waals surface area contributed by atoms with Crippen LogP contribution in [0.2, 0.25) is 15.8 Å². The summed E-state index contributed by atoms with van der Waals surface area (Å²) in [5, 5.41) is 4.72. The monoisotopic (exact) mass is 258 g/mol. The average molecular weight is 258 g/mol. The first-order chi connectivity index (χ1) is 7.56. The van der Waals surface area contributed by atoms with Crippen molar-refractivity contribution in [1.29, 1.82) is 0 Å². The minimum atomic E-state index is -0.414. The highest BCUT2D eigenvalue weighted by atomic mass is 32.2. The smallest absolute Gasteiger partial charge is 0.162 e. The van der Waals surface area contributed by atoms with Gasteiger partial charge in [-0.25, -0.2) is 0 Å². The summed E-state index contributed by atoms with van der Waals surface area (Å²) < 4.78 is 0. The van der Waals surface area contributed by atoms with Gasteiger partial charge in [-0.2, -0.15) is 11.8 Å². The van der Waals surface area contributed by atoms with Crippen LogP contribution in [0.1, 0.15) is 47.5 Å². The highest BCUT2D eigenvalue weighted by molar-refractivity contribution is 7.99. The summed E-state index contributed by atoms with van der Waals surface area (Å²) in [6, 6.07) is 0. The molecule has 0 fully saturated rings. The Balaban J connectivity index is 3.65. The van der Waals surface area contributed by atoms with Crippen LogP contribution in [-0.4, -0.2) is 25.7 Å². The Bertz CT molecular complexity index is 136. The van der Waals surface area contributed by atoms with Crippen LogP contribution in [0.4, 0.5) is 0 Å². The first-order valence-corrected chi connectivity index (χ1v) is 10.7. The molecule has 0 heterocycles. The molecule has 0 aliphatic heterocycles. The zero-order chi connectivity index (χ0) is 12.4. The SMILES string of the molecule is CCCSCC[CH2][Al]([CH2]C(C)C)[CH2]C(C)C. The van der Waals surface area contributed by atoms with E-state index in [-0.39, 0.29) is 0 Å². The van der Waals surface area contributed by atoms with Crippen molar-refractivity contribution in [1.82, 2.24) is 0 Å². The van der Waals surface area contributed by atoms with Crippen molar-refractivity contribution in [3.8, 4) is 0 Å². The van der Waals surface area contributed by atoms with Gasteiger partial charge in [0.1, 0.15) is 0 Å². The molecule has 2 heteroatoms. The molecule has 0 spiro atoms. The van der Waals surface area contributed by atoms with E-state index in [1.165, 1.54) is 24.3 Å². The Morgan fingerprint density at radius 2 is 1.50 bits per heavy atom. The van der Waals surface area contributed by atoms with E-state index in [2.05, 4.69) is 46.4 Å². The third-order valence-corrected chi connectivity index (χ3v) is 8.58. The number of hydrogen-bond donors (Lipinski definition) is 0. The predicted octanol–water partition coefficient (Wildman–Crippen LogP) is 5.33. The fourth-order valence-electron chi connectivity index (χ4n) is 2.39. The largest absolute Gasteiger partial charge is 0.262 e. The summed E-state index contributed by atoms with van der Waals surface area (Å²) in [4.78, 5) is 0. The first-order valence-electron chi connectivity index (χ1n) is 7.14. The van der Waals surface area contributed by atoms with E-state index in [1.807, 2.05) is 0 Å². The molecule has 0 aromatic heterocycles. The molecule has 0 saturated heterocycles. The lowest BCUT2D eigenvalue weighted by Crippen LogP contribution is -2.17. The van der Waals surface area contributed by atoms with E-state index in [0.717, 1.165) is 11.8 Å². The third kappa shape index (κ3) is 11.4. The number of rotatable bonds is 10. The molecule has 0 bridgehead atoms. The molecule has 0 unspecified atom stereocenters. The summed E-state index contributed by atoms with van der Waals surface area (Å²) in [5.74, 6) is 4.63. The zero-order valence-electron chi connectivity index (χ0n) is 12.1. The molecule has 0 N–H and O–H groups in total. The predicted molar refractivity (Wildman–Crippen MR) is 82.1 cm³/mol. The first kappa shape index (κ1) is 16.9. The van der Waals surface area contributed by atoms with Crippen molar-refractivity contribution in [3.63, 3.8) is 0 Å². The highest BCUT2D eigenvalue weighted by Gasteiger charge is 2.19. The van der Waals surface area contributed by atoms with Crippen LogP contribution >= 0.6 is 11.8 Å². The molecular formula is C14H31AlS. The lowest BCUT2D eigenvalue weighted by molar-refractivity contribution is 0.685. The maximum atomic E-state index is 2.39. The molecule has 0 aromatic rings. The Morgan fingerprint density at radius 1 is 0.938 bits per heavy atom. The molecule has 0 radical (unpaired) electrons. The molecule has 0 aromatic carbocycles. The normalized spacial score (nSPS) is 11.4. The van der Waals surface area contributed by atoms with E-state index >= 15 is 0 Å². The Hall–Kier alpha value is 0.882. The van der Waals surface area contributed by atoms with Crippen LogP contribution in [0.25, 0.3) is 0 Å². The van der Waals surface area contributed by atoms with Crippen molar-refractivity contribution in [3.05, 3.63) is 0 Å². The summed E-state index contributed by atoms with van der Waals surface area (Å²) in [5.41, 5.74) is 0. The van der Waals surface area contributed by atoms with Gasteiger partial charge in [-0.3, -0.25) is 0 Å². The van der Waals surface area contributed by atoms with Gasteiger partial charge in [-0.15, -0.1) is 0 Å². The van der Waals surface area contributed by atoms with E-state index in [4.69, 9.17) is 0 Å². The van der Waals surface area contributed by atoms with Gasteiger partial charge in [0.05, 0.1) is 0 Å². The average Bonchev–Trinajstić information content (AvgIpc) is 2.15. The standard InChI is InChI=1S/C6H13S.2C4H9.Al/c1-3-5-7-6-4-2;2*1-4(2)3;/h1,3-6H2,2H3;2*4H,1H2,2-3H3;. The minimum Gasteiger partial charge on any atom is -0.162 e. The topological polar surface area (TPSA) is 0 Å². The lowest BCUT2D eigenvalue weighted by atomic mass is 10.3. The van der Waals surface area contributed by atoms with Gasteiger partial charge in [0.2, 0.25) is 0 Å². The van der Waals surface area contributed by atoms with Crippen molar-refractivity contribution < 1.29 is 0 Å². The van der Waals surface area contributed by atoms with Gasteiger partial charge in [0, 0.05) is 0 Å². The van der Waals surface area contributed by atoms with Crippen LogP contribution in [0.5, 0.6) is 0 Å². The van der Waals surface area contributed by atoms with E-state index in [9.17, 15) is 0 Å². The van der Waals surface area contributed by atoms with Crippen LogP contribution < -0.4 is 0 Å². The van der Waals surface area contributed by atoms with Gasteiger partial charge in [0.15, 0.2) is 0 Å². The molecule has 0 nitrogen and oxygen atoms in total. The Kier molecular flexibility index (Phi) is 11.6. The molecule has 0 aliphatic carbocycles. The lowest BCUT2D eigenvalue weighted by Gasteiger charge is -2.16. The van der Waals surface area contributed by atoms with Gasteiger partial charge >= 0.3 is 0 Å². The van der Waals surface area contributed by atoms with Gasteiger partial charge in [-0.1, -0.05) is 68.7 Å². The van der Waals surface area contributed by atoms with Gasteiger partial charge < -0.3 is 0 Å². The minimum absolute atomic E-state index is 0.414. The van der Waals surface area contributed by atoms with Crippen molar-refractivity contribution in [2.75, 3.05) is 11.5 Å². The second-order valence-corrected chi connectivity index (χ2v) is 10.4. The van der Waals surface area contributed by atoms with Gasteiger partial charge in [-0.05, 0) is 17.9 Å². The molecular weight excluding hydrogens is 227 g/mol. The van der Waals surface area contributed by atoms with E-state index < -0.39 is 14.1 Å². The molecule has 0 rings (SSSR count). The summed E-state index contributed by atoms with van der Waals surface area (Å²) in [6.45, 7) is 11.9. The maximum absolute atomic E-state index is 2.39. The molecule has 16 heavy (non-hydrogen) atoms. The van der Waals surface area contributed by atoms with Crippen molar-refractivity contribution in [2.24, 2.45) is 11.8 Å². The Labute approximate surface area is 112 Å². The molecule has 0 saturated carbocycles. The zero-order valence-corrected chi connectivity index (χ0v) is 14.1. The second-order valence-electron chi connectivity index (χ2n) is 5.88. The summed E-state index contributed by atoms with van der Waals surface area (Å²) >= 11 is 1.74. The summed E-state index contributed by atoms with van der Waals surface area (Å²) in [6.07, 6.45) is 2.82. The molecule has 0 amide bonds. The van der Waals surface area contributed by atoms with Crippen LogP contribution in [-0.2, 0) is 0 Å². The van der Waals surface area contributed by atoms with E-state index in [0.29, 0.717) is 0 Å². The van der Waals surface area contributed by atoms with Crippen LogP contribution in [0, 0.1) is 11.8 Å². The third-order valence-electron chi connectivity index (χ3n) is 2.86. The molecule has 0 atom stereocenters. The van der Waals surface area contributed by atoms with Crippen LogP contribution in [0.3, 0.4) is 0 Å². The number of thioether (sulfide) groups is 1. The Morgan fingerprint density at radius 3 is 1.94 bits per heavy atom. The van der Waals surface area contributed by atoms with Crippen molar-refractivity contribution >= 4 is 25.9 Å². The van der Waals surface area contributed by atoms with Gasteiger partial charge in [0.25, 0.3) is 14.1 Å². The maximum Gasteiger partial charge on any atom is 0.262 e. The molecule has 96 valence electrons. The van der Waals surface area contributed by atoms with E-state index in [1.54, 1.807) is 15.8 Å². The molecule has 0 aliphatic rings. The number of hydrogen-bond acceptors (Lipinski definition) is 1. The fraction of sp³-hybridized carbons (Fsp3) is 1.00. The van der Waals surface area contributed by atoms with Crippen molar-refractivity contribution in [2.45, 2.75) is 63.3 Å². The fourth-order valence-corrected chi connectivity index (χ4v) is 7.66. The second kappa shape index (κ2) is 11.0. The highest BCUT2D eigenvalue weighted by Crippen LogP contribution is 2.20. The summed E-state index contributed by atoms with van der Waals surface area (Å²) in [7, 11) is 0. The van der Waals surface area contributed by atoms with Crippen LogP contribution in [0.15, 0.2) is 0 Å².